The number of ether oxygens (including phenoxy) is 4. The Kier molecular flexibility index (Phi) is 5.08. The third kappa shape index (κ3) is 3.87. The van der Waals surface area contributed by atoms with Gasteiger partial charge in [-0.3, -0.25) is 9.59 Å². The summed E-state index contributed by atoms with van der Waals surface area (Å²) in [4.78, 5) is 24.8. The lowest BCUT2D eigenvalue weighted by molar-refractivity contribution is -0.143. The van der Waals surface area contributed by atoms with E-state index in [1.165, 1.54) is 0 Å². The molecule has 0 saturated carbocycles. The minimum atomic E-state index is -0.494. The Morgan fingerprint density at radius 3 is 2.55 bits per heavy atom. The van der Waals surface area contributed by atoms with E-state index in [1.807, 2.05) is 36.4 Å². The Labute approximate surface area is 167 Å². The van der Waals surface area contributed by atoms with Crippen LogP contribution in [0.3, 0.4) is 0 Å². The van der Waals surface area contributed by atoms with E-state index in [0.29, 0.717) is 17.1 Å². The summed E-state index contributed by atoms with van der Waals surface area (Å²) in [6.07, 6.45) is 0. The number of hydrogen-bond acceptors (Lipinski definition) is 6. The fraction of sp³-hybridized carbons (Fsp3) is 0.217. The summed E-state index contributed by atoms with van der Waals surface area (Å²) in [5.74, 6) is 0.650. The van der Waals surface area contributed by atoms with Crippen LogP contribution in [-0.4, -0.2) is 32.3 Å². The first-order chi connectivity index (χ1) is 14.0. The standard InChI is InChI=1S/C23H20O6/c1-14(15-3-4-17-10-19(26-2)7-5-16(17)9-15)23(25)27-12-20(24)18-6-8-21-22(11-18)29-13-28-21/h3-11,14H,12-13H2,1-2H3/t14-/m0/s1. The maximum Gasteiger partial charge on any atom is 0.313 e. The lowest BCUT2D eigenvalue weighted by Gasteiger charge is -2.13. The predicted molar refractivity (Wildman–Crippen MR) is 107 cm³/mol. The van der Waals surface area contributed by atoms with Gasteiger partial charge in [0.15, 0.2) is 23.9 Å². The van der Waals surface area contributed by atoms with Crippen molar-refractivity contribution in [1.82, 2.24) is 0 Å². The number of carbonyl (C=O) groups excluding carboxylic acids is 2. The van der Waals surface area contributed by atoms with E-state index in [-0.39, 0.29) is 19.2 Å². The highest BCUT2D eigenvalue weighted by Crippen LogP contribution is 2.32. The van der Waals surface area contributed by atoms with Crippen molar-refractivity contribution in [3.8, 4) is 17.2 Å². The molecule has 1 heterocycles. The zero-order valence-electron chi connectivity index (χ0n) is 16.1. The number of esters is 1. The number of rotatable bonds is 6. The van der Waals surface area contributed by atoms with Gasteiger partial charge in [0, 0.05) is 5.56 Å². The van der Waals surface area contributed by atoms with Gasteiger partial charge in [0.25, 0.3) is 0 Å². The second-order valence-corrected chi connectivity index (χ2v) is 6.79. The van der Waals surface area contributed by atoms with E-state index in [1.54, 1.807) is 32.2 Å². The summed E-state index contributed by atoms with van der Waals surface area (Å²) in [5, 5.41) is 2.02. The van der Waals surface area contributed by atoms with E-state index in [4.69, 9.17) is 18.9 Å². The third-order valence-corrected chi connectivity index (χ3v) is 4.97. The molecule has 6 heteroatoms. The molecule has 0 fully saturated rings. The fourth-order valence-electron chi connectivity index (χ4n) is 3.19. The van der Waals surface area contributed by atoms with Crippen LogP contribution in [0, 0.1) is 0 Å². The first-order valence-electron chi connectivity index (χ1n) is 9.22. The van der Waals surface area contributed by atoms with Gasteiger partial charge < -0.3 is 18.9 Å². The van der Waals surface area contributed by atoms with Gasteiger partial charge in [0.2, 0.25) is 6.79 Å². The van der Waals surface area contributed by atoms with Crippen molar-refractivity contribution in [1.29, 1.82) is 0 Å². The Hall–Kier alpha value is -3.54. The molecule has 0 unspecified atom stereocenters. The summed E-state index contributed by atoms with van der Waals surface area (Å²) in [6, 6.07) is 16.4. The molecule has 0 aliphatic carbocycles. The maximum atomic E-state index is 12.5. The molecule has 0 radical (unpaired) electrons. The molecule has 3 aromatic carbocycles. The smallest absolute Gasteiger partial charge is 0.313 e. The van der Waals surface area contributed by atoms with Crippen LogP contribution >= 0.6 is 0 Å². The molecule has 29 heavy (non-hydrogen) atoms. The van der Waals surface area contributed by atoms with Crippen LogP contribution in [-0.2, 0) is 9.53 Å². The van der Waals surface area contributed by atoms with E-state index in [2.05, 4.69) is 0 Å². The van der Waals surface area contributed by atoms with E-state index in [9.17, 15) is 9.59 Å². The van der Waals surface area contributed by atoms with Crippen molar-refractivity contribution in [3.63, 3.8) is 0 Å². The lowest BCUT2D eigenvalue weighted by Crippen LogP contribution is -2.18. The van der Waals surface area contributed by atoms with Crippen LogP contribution in [0.15, 0.2) is 54.6 Å². The SMILES string of the molecule is COc1ccc2cc([C@H](C)C(=O)OCC(=O)c3ccc4c(c3)OCO4)ccc2c1. The molecule has 6 nitrogen and oxygen atoms in total. The first kappa shape index (κ1) is 18.8. The van der Waals surface area contributed by atoms with Crippen LogP contribution in [0.2, 0.25) is 0 Å². The quantitative estimate of drug-likeness (QED) is 0.464. The van der Waals surface area contributed by atoms with E-state index >= 15 is 0 Å². The molecule has 1 aliphatic rings. The number of methoxy groups -OCH3 is 1. The van der Waals surface area contributed by atoms with Crippen LogP contribution in [0.1, 0.15) is 28.8 Å². The van der Waals surface area contributed by atoms with Gasteiger partial charge in [-0.2, -0.15) is 0 Å². The number of Topliss-reactive ketones (excluding diaryl/α,β-unsaturated/α-hetero) is 1. The molecule has 148 valence electrons. The molecule has 0 bridgehead atoms. The van der Waals surface area contributed by atoms with Crippen LogP contribution < -0.4 is 14.2 Å². The minimum Gasteiger partial charge on any atom is -0.497 e. The minimum absolute atomic E-state index is 0.137. The lowest BCUT2D eigenvalue weighted by atomic mass is 9.98. The number of benzene rings is 3. The topological polar surface area (TPSA) is 71.1 Å². The average molecular weight is 392 g/mol. The summed E-state index contributed by atoms with van der Waals surface area (Å²) < 4.78 is 21.0. The highest BCUT2D eigenvalue weighted by atomic mass is 16.7. The third-order valence-electron chi connectivity index (χ3n) is 4.97. The van der Waals surface area contributed by atoms with Gasteiger partial charge in [-0.25, -0.2) is 0 Å². The van der Waals surface area contributed by atoms with Crippen molar-refractivity contribution in [2.75, 3.05) is 20.5 Å². The number of hydrogen-bond donors (Lipinski definition) is 0. The normalized spacial score (nSPS) is 13.2. The molecule has 0 amide bonds. The molecule has 3 aromatic rings. The van der Waals surface area contributed by atoms with Crippen molar-refractivity contribution in [2.45, 2.75) is 12.8 Å². The summed E-state index contributed by atoms with van der Waals surface area (Å²) >= 11 is 0. The van der Waals surface area contributed by atoms with Gasteiger partial charge >= 0.3 is 5.97 Å². The van der Waals surface area contributed by atoms with Crippen molar-refractivity contribution in [3.05, 3.63) is 65.7 Å². The maximum absolute atomic E-state index is 12.5. The highest BCUT2D eigenvalue weighted by molar-refractivity contribution is 5.99. The Balaban J connectivity index is 1.41. The van der Waals surface area contributed by atoms with Gasteiger partial charge in [-0.05, 0) is 53.6 Å². The molecule has 1 aliphatic heterocycles. The molecule has 0 N–H and O–H groups in total. The monoisotopic (exact) mass is 392 g/mol. The summed E-state index contributed by atoms with van der Waals surface area (Å²) in [7, 11) is 1.62. The largest absolute Gasteiger partial charge is 0.497 e. The average Bonchev–Trinajstić information content (AvgIpc) is 3.23. The Bertz CT molecular complexity index is 1090. The zero-order chi connectivity index (χ0) is 20.4. The van der Waals surface area contributed by atoms with E-state index < -0.39 is 11.9 Å². The molecule has 1 atom stereocenters. The molecule has 0 saturated heterocycles. The van der Waals surface area contributed by atoms with Crippen LogP contribution in [0.5, 0.6) is 17.2 Å². The number of fused-ring (bicyclic) bond motifs is 2. The van der Waals surface area contributed by atoms with E-state index in [0.717, 1.165) is 22.1 Å². The molecular weight excluding hydrogens is 372 g/mol. The van der Waals surface area contributed by atoms with Crippen molar-refractivity contribution < 1.29 is 28.5 Å². The second kappa shape index (κ2) is 7.83. The van der Waals surface area contributed by atoms with Crippen LogP contribution in [0.4, 0.5) is 0 Å². The molecular formula is C23H20O6. The Morgan fingerprint density at radius 1 is 0.966 bits per heavy atom. The Morgan fingerprint density at radius 2 is 1.72 bits per heavy atom. The summed E-state index contributed by atoms with van der Waals surface area (Å²) in [5.41, 5.74) is 1.23. The molecule has 4 rings (SSSR count). The number of carbonyl (C=O) groups is 2. The molecule has 0 aromatic heterocycles. The molecule has 0 spiro atoms. The van der Waals surface area contributed by atoms with Crippen LogP contribution in [0.25, 0.3) is 10.8 Å². The van der Waals surface area contributed by atoms with Crippen molar-refractivity contribution >= 4 is 22.5 Å². The fourth-order valence-corrected chi connectivity index (χ4v) is 3.19. The zero-order valence-corrected chi connectivity index (χ0v) is 16.1. The predicted octanol–water partition coefficient (Wildman–Crippen LogP) is 4.11. The van der Waals surface area contributed by atoms with Gasteiger partial charge in [0.1, 0.15) is 5.75 Å². The van der Waals surface area contributed by atoms with Gasteiger partial charge in [-0.1, -0.05) is 24.3 Å². The number of ketones is 1. The highest BCUT2D eigenvalue weighted by Gasteiger charge is 2.20. The van der Waals surface area contributed by atoms with Crippen molar-refractivity contribution in [2.24, 2.45) is 0 Å². The summed E-state index contributed by atoms with van der Waals surface area (Å²) in [6.45, 7) is 1.57. The first-order valence-corrected chi connectivity index (χ1v) is 9.22. The van der Waals surface area contributed by atoms with Gasteiger partial charge in [-0.15, -0.1) is 0 Å². The second-order valence-electron chi connectivity index (χ2n) is 6.79. The van der Waals surface area contributed by atoms with Gasteiger partial charge in [0.05, 0.1) is 13.0 Å².